The largest absolute Gasteiger partial charge is 0.454 e. The number of benzene rings is 1. The Kier molecular flexibility index (Phi) is 5.71. The topological polar surface area (TPSA) is 151 Å². The molecule has 1 amide bonds. The smallest absolute Gasteiger partial charge is 0.261 e. The number of nitriles is 1. The van der Waals surface area contributed by atoms with Crippen LogP contribution in [0.25, 0.3) is 28.1 Å². The molecule has 0 saturated heterocycles. The summed E-state index contributed by atoms with van der Waals surface area (Å²) in [6.07, 6.45) is 2.80. The molecule has 10 heteroatoms. The molecule has 0 bridgehead atoms. The number of hydrogen-bond acceptors (Lipinski definition) is 8. The Bertz CT molecular complexity index is 1540. The molecule has 0 radical (unpaired) electrons. The molecule has 1 saturated carbocycles. The summed E-state index contributed by atoms with van der Waals surface area (Å²) in [5.41, 5.74) is 13.3. The Morgan fingerprint density at radius 2 is 2.06 bits per heavy atom. The summed E-state index contributed by atoms with van der Waals surface area (Å²) in [4.78, 5) is 23.7. The highest BCUT2D eigenvalue weighted by atomic mass is 16.3. The standard InChI is InChI=1S/C26H25N7O3/c1-13-4-9-20-18(10-13)15(3)24(36-20)23-21-22(19(12-34)30-31-25(21)28)32-33(23)17-7-5-16(6-8-17)29-26(35)14(2)11-27/h4,9-10,16-17,30H,2,5-8H2,1,3H3,(H2,28,31)(H,29,35). The molecular formula is C26H25N7O3. The average Bonchev–Trinajstić information content (AvgIpc) is 3.43. The Balaban J connectivity index is 1.57. The number of carbonyl (C=O) groups is 1. The lowest BCUT2D eigenvalue weighted by molar-refractivity contribution is -0.118. The zero-order valence-electron chi connectivity index (χ0n) is 20.0. The van der Waals surface area contributed by atoms with Crippen LogP contribution in [0.15, 0.2) is 39.9 Å². The lowest BCUT2D eigenvalue weighted by atomic mass is 9.90. The van der Waals surface area contributed by atoms with Gasteiger partial charge in [0.25, 0.3) is 5.91 Å². The molecule has 0 unspecified atom stereocenters. The van der Waals surface area contributed by atoms with Crippen molar-refractivity contribution in [2.45, 2.75) is 51.6 Å². The maximum absolute atomic E-state index is 12.1. The van der Waals surface area contributed by atoms with Crippen LogP contribution < -0.4 is 16.5 Å². The van der Waals surface area contributed by atoms with E-state index in [0.29, 0.717) is 48.4 Å². The highest BCUT2D eigenvalue weighted by molar-refractivity contribution is 6.10. The second-order valence-corrected chi connectivity index (χ2v) is 9.23. The zero-order chi connectivity index (χ0) is 25.6. The van der Waals surface area contributed by atoms with E-state index in [1.807, 2.05) is 36.6 Å². The number of aromatic nitrogens is 2. The van der Waals surface area contributed by atoms with Gasteiger partial charge in [0.05, 0.1) is 11.6 Å². The molecule has 0 atom stereocenters. The Morgan fingerprint density at radius 3 is 2.75 bits per heavy atom. The quantitative estimate of drug-likeness (QED) is 0.293. The number of carbonyl (C=O) groups excluding carboxylic acids is 2. The van der Waals surface area contributed by atoms with Crippen molar-refractivity contribution in [2.75, 3.05) is 0 Å². The van der Waals surface area contributed by atoms with Gasteiger partial charge in [0.1, 0.15) is 28.6 Å². The van der Waals surface area contributed by atoms with Crippen molar-refractivity contribution in [3.8, 4) is 17.5 Å². The monoisotopic (exact) mass is 483 g/mol. The predicted octanol–water partition coefficient (Wildman–Crippen LogP) is 2.99. The van der Waals surface area contributed by atoms with Crippen LogP contribution in [0.2, 0.25) is 0 Å². The molecule has 1 aliphatic heterocycles. The number of fused-ring (bicyclic) bond motifs is 2. The van der Waals surface area contributed by atoms with Crippen LogP contribution in [0, 0.1) is 25.2 Å². The molecule has 2 aliphatic rings. The van der Waals surface area contributed by atoms with Crippen molar-refractivity contribution in [3.63, 3.8) is 0 Å². The summed E-state index contributed by atoms with van der Waals surface area (Å²) >= 11 is 0. The maximum Gasteiger partial charge on any atom is 0.261 e. The number of hydrazone groups is 1. The van der Waals surface area contributed by atoms with Crippen molar-refractivity contribution in [2.24, 2.45) is 10.8 Å². The van der Waals surface area contributed by atoms with E-state index in [1.165, 1.54) is 0 Å². The van der Waals surface area contributed by atoms with Crippen molar-refractivity contribution in [1.82, 2.24) is 20.5 Å². The summed E-state index contributed by atoms with van der Waals surface area (Å²) < 4.78 is 8.20. The molecule has 10 nitrogen and oxygen atoms in total. The van der Waals surface area contributed by atoms with Gasteiger partial charge in [-0.1, -0.05) is 18.2 Å². The fourth-order valence-electron chi connectivity index (χ4n) is 4.98. The highest BCUT2D eigenvalue weighted by Crippen LogP contribution is 2.41. The van der Waals surface area contributed by atoms with E-state index in [1.54, 1.807) is 6.07 Å². The minimum atomic E-state index is -0.444. The molecule has 3 heterocycles. The second-order valence-electron chi connectivity index (χ2n) is 9.23. The summed E-state index contributed by atoms with van der Waals surface area (Å²) in [5, 5.41) is 21.7. The molecule has 3 aromatic rings. The Hall–Kier alpha value is -4.61. The van der Waals surface area contributed by atoms with Crippen molar-refractivity contribution in [3.05, 3.63) is 52.7 Å². The molecule has 182 valence electrons. The van der Waals surface area contributed by atoms with E-state index >= 15 is 0 Å². The van der Waals surface area contributed by atoms with Crippen LogP contribution in [0.1, 0.15) is 54.1 Å². The number of amidine groups is 1. The zero-order valence-corrected chi connectivity index (χ0v) is 20.0. The number of furan rings is 1. The highest BCUT2D eigenvalue weighted by Gasteiger charge is 2.35. The van der Waals surface area contributed by atoms with Crippen molar-refractivity contribution < 1.29 is 14.0 Å². The minimum Gasteiger partial charge on any atom is -0.454 e. The number of aryl methyl sites for hydroxylation is 2. The first-order valence-electron chi connectivity index (χ1n) is 11.7. The number of nitrogens with one attached hydrogen (secondary N) is 2. The van der Waals surface area contributed by atoms with Gasteiger partial charge >= 0.3 is 0 Å². The fourth-order valence-corrected chi connectivity index (χ4v) is 4.98. The minimum absolute atomic E-state index is 0.0343. The average molecular weight is 484 g/mol. The van der Waals surface area contributed by atoms with E-state index in [9.17, 15) is 9.59 Å². The number of nitrogens with two attached hydrogens (primary N) is 1. The van der Waals surface area contributed by atoms with E-state index in [4.69, 9.17) is 20.5 Å². The summed E-state index contributed by atoms with van der Waals surface area (Å²) in [7, 11) is 0. The van der Waals surface area contributed by atoms with E-state index in [2.05, 4.69) is 28.5 Å². The second kappa shape index (κ2) is 8.87. The molecule has 1 aliphatic carbocycles. The van der Waals surface area contributed by atoms with Crippen LogP contribution in [0.4, 0.5) is 0 Å². The van der Waals surface area contributed by atoms with Gasteiger partial charge in [-0.25, -0.2) is 4.79 Å². The number of amides is 1. The molecule has 2 aromatic heterocycles. The van der Waals surface area contributed by atoms with E-state index in [-0.39, 0.29) is 29.2 Å². The number of rotatable bonds is 4. The third-order valence-corrected chi connectivity index (χ3v) is 6.89. The van der Waals surface area contributed by atoms with Crippen molar-refractivity contribution in [1.29, 1.82) is 5.26 Å². The first kappa shape index (κ1) is 23.1. The first-order chi connectivity index (χ1) is 17.3. The first-order valence-corrected chi connectivity index (χ1v) is 11.7. The number of nitrogens with zero attached hydrogens (tertiary/aromatic N) is 4. The SMILES string of the molecule is C=C(C#N)C(=O)NC1CCC(n2nc3c(c2-c2oc4ccc(C)cc4c2C)C(N)=NNC3=C=O)CC1. The molecule has 36 heavy (non-hydrogen) atoms. The van der Waals surface area contributed by atoms with Gasteiger partial charge < -0.3 is 15.5 Å². The summed E-state index contributed by atoms with van der Waals surface area (Å²) in [5.74, 6) is 2.26. The fraction of sp³-hybridized carbons (Fsp3) is 0.308. The number of hydrogen-bond donors (Lipinski definition) is 3. The van der Waals surface area contributed by atoms with Gasteiger partial charge in [-0.2, -0.15) is 15.5 Å². The molecule has 1 aromatic carbocycles. The molecule has 5 rings (SSSR count). The van der Waals surface area contributed by atoms with Gasteiger partial charge in [-0.05, 0) is 51.7 Å². The predicted molar refractivity (Wildman–Crippen MR) is 134 cm³/mol. The van der Waals surface area contributed by atoms with Crippen LogP contribution >= 0.6 is 0 Å². The van der Waals surface area contributed by atoms with Crippen molar-refractivity contribution >= 4 is 34.4 Å². The van der Waals surface area contributed by atoms with Gasteiger partial charge in [0.2, 0.25) is 0 Å². The van der Waals surface area contributed by atoms with E-state index in [0.717, 1.165) is 22.1 Å². The van der Waals surface area contributed by atoms with Gasteiger partial charge in [0.15, 0.2) is 23.2 Å². The normalized spacial score (nSPS) is 19.0. The molecule has 1 fully saturated rings. The molecular weight excluding hydrogens is 458 g/mol. The third kappa shape index (κ3) is 3.76. The Labute approximate surface area is 207 Å². The van der Waals surface area contributed by atoms with Crippen LogP contribution in [0.5, 0.6) is 0 Å². The van der Waals surface area contributed by atoms with Gasteiger partial charge in [-0.15, -0.1) is 0 Å². The van der Waals surface area contributed by atoms with Crippen LogP contribution in [-0.4, -0.2) is 33.5 Å². The van der Waals surface area contributed by atoms with Gasteiger partial charge in [0, 0.05) is 17.0 Å². The van der Waals surface area contributed by atoms with Crippen LogP contribution in [-0.2, 0) is 9.59 Å². The van der Waals surface area contributed by atoms with Crippen LogP contribution in [0.3, 0.4) is 0 Å². The van der Waals surface area contributed by atoms with Gasteiger partial charge in [-0.3, -0.25) is 14.9 Å². The van der Waals surface area contributed by atoms with E-state index < -0.39 is 5.91 Å². The summed E-state index contributed by atoms with van der Waals surface area (Å²) in [6, 6.07) is 7.68. The molecule has 0 spiro atoms. The lowest BCUT2D eigenvalue weighted by Crippen LogP contribution is -2.38. The lowest BCUT2D eigenvalue weighted by Gasteiger charge is -2.30. The Morgan fingerprint density at radius 1 is 1.31 bits per heavy atom. The third-order valence-electron chi connectivity index (χ3n) is 6.89. The summed E-state index contributed by atoms with van der Waals surface area (Å²) in [6.45, 7) is 7.49. The maximum atomic E-state index is 12.1. The molecule has 4 N–H and O–H groups in total.